The average Bonchev–Trinajstić information content (AvgIpc) is 2.55. The fourth-order valence-electron chi connectivity index (χ4n) is 2.28. The molecule has 2 rings (SSSR count). The van der Waals surface area contributed by atoms with Crippen LogP contribution >= 0.6 is 11.6 Å². The van der Waals surface area contributed by atoms with Gasteiger partial charge in [-0.3, -0.25) is 13.9 Å². The Balaban J connectivity index is 2.25. The lowest BCUT2D eigenvalue weighted by atomic mass is 10.1. The zero-order chi connectivity index (χ0) is 19.5. The molecule has 0 saturated heterocycles. The third kappa shape index (κ3) is 5.06. The molecule has 0 radical (unpaired) electrons. The number of benzene rings is 2. The van der Waals surface area contributed by atoms with Crippen LogP contribution in [0, 0.1) is 6.92 Å². The highest BCUT2D eigenvalue weighted by Gasteiger charge is 2.21. The van der Waals surface area contributed by atoms with Crippen LogP contribution in [0.3, 0.4) is 0 Å². The molecule has 0 spiro atoms. The molecule has 2 aromatic rings. The summed E-state index contributed by atoms with van der Waals surface area (Å²) in [6.07, 6.45) is 1.00. The van der Waals surface area contributed by atoms with Gasteiger partial charge in [-0.1, -0.05) is 29.8 Å². The standard InChI is InChI=1S/C18H19ClN2O4S/c1-12-7-8-15(10-17(12)19)20-18(23)11-21(26(3,24)25)16-6-4-5-14(9-16)13(2)22/h4-10H,11H2,1-3H3,(H,20,23). The van der Waals surface area contributed by atoms with Crippen LogP contribution in [0.25, 0.3) is 0 Å². The van der Waals surface area contributed by atoms with E-state index < -0.39 is 22.5 Å². The lowest BCUT2D eigenvalue weighted by Crippen LogP contribution is -2.37. The van der Waals surface area contributed by atoms with Crippen molar-refractivity contribution in [1.29, 1.82) is 0 Å². The van der Waals surface area contributed by atoms with Gasteiger partial charge < -0.3 is 5.32 Å². The lowest BCUT2D eigenvalue weighted by molar-refractivity contribution is -0.114. The van der Waals surface area contributed by atoms with E-state index in [9.17, 15) is 18.0 Å². The first-order valence-electron chi connectivity index (χ1n) is 7.72. The number of aryl methyl sites for hydroxylation is 1. The highest BCUT2D eigenvalue weighted by Crippen LogP contribution is 2.22. The van der Waals surface area contributed by atoms with Gasteiger partial charge in [0.25, 0.3) is 0 Å². The normalized spacial score (nSPS) is 11.1. The zero-order valence-corrected chi connectivity index (χ0v) is 16.2. The minimum absolute atomic E-state index is 0.195. The Morgan fingerprint density at radius 1 is 1.15 bits per heavy atom. The molecule has 0 aliphatic rings. The number of ketones is 1. The van der Waals surface area contributed by atoms with E-state index in [1.54, 1.807) is 30.3 Å². The van der Waals surface area contributed by atoms with Crippen LogP contribution in [0.5, 0.6) is 0 Å². The largest absolute Gasteiger partial charge is 0.324 e. The quantitative estimate of drug-likeness (QED) is 0.762. The summed E-state index contributed by atoms with van der Waals surface area (Å²) in [6, 6.07) is 11.2. The number of carbonyl (C=O) groups excluding carboxylic acids is 2. The van der Waals surface area contributed by atoms with Gasteiger partial charge in [0.2, 0.25) is 15.9 Å². The monoisotopic (exact) mass is 394 g/mol. The molecule has 26 heavy (non-hydrogen) atoms. The van der Waals surface area contributed by atoms with E-state index in [0.29, 0.717) is 16.3 Å². The number of Topliss-reactive ketones (excluding diaryl/α,β-unsaturated/α-hetero) is 1. The topological polar surface area (TPSA) is 83.6 Å². The molecule has 0 unspecified atom stereocenters. The Morgan fingerprint density at radius 3 is 2.42 bits per heavy atom. The van der Waals surface area contributed by atoms with Crippen LogP contribution in [-0.4, -0.2) is 32.9 Å². The number of anilines is 2. The number of sulfonamides is 1. The van der Waals surface area contributed by atoms with Crippen molar-refractivity contribution >= 4 is 44.7 Å². The minimum atomic E-state index is -3.73. The Labute approximate surface area is 157 Å². The first-order chi connectivity index (χ1) is 12.1. The molecule has 0 atom stereocenters. The second kappa shape index (κ2) is 7.88. The summed E-state index contributed by atoms with van der Waals surface area (Å²) in [7, 11) is -3.73. The predicted octanol–water partition coefficient (Wildman–Crippen LogP) is 3.26. The zero-order valence-electron chi connectivity index (χ0n) is 14.6. The predicted molar refractivity (Wildman–Crippen MR) is 103 cm³/mol. The third-order valence-electron chi connectivity index (χ3n) is 3.68. The molecule has 0 fully saturated rings. The van der Waals surface area contributed by atoms with Gasteiger partial charge in [0.1, 0.15) is 6.54 Å². The molecular weight excluding hydrogens is 376 g/mol. The first-order valence-corrected chi connectivity index (χ1v) is 9.95. The molecule has 138 valence electrons. The smallest absolute Gasteiger partial charge is 0.245 e. The first kappa shape index (κ1) is 19.9. The summed E-state index contributed by atoms with van der Waals surface area (Å²) in [6.45, 7) is 2.80. The van der Waals surface area contributed by atoms with Crippen molar-refractivity contribution in [3.05, 3.63) is 58.6 Å². The number of hydrogen-bond donors (Lipinski definition) is 1. The fraction of sp³-hybridized carbons (Fsp3) is 0.222. The van der Waals surface area contributed by atoms with Crippen molar-refractivity contribution in [2.24, 2.45) is 0 Å². The summed E-state index contributed by atoms with van der Waals surface area (Å²) in [5.74, 6) is -0.720. The summed E-state index contributed by atoms with van der Waals surface area (Å²) >= 11 is 6.03. The van der Waals surface area contributed by atoms with Crippen LogP contribution < -0.4 is 9.62 Å². The lowest BCUT2D eigenvalue weighted by Gasteiger charge is -2.22. The molecule has 0 heterocycles. The van der Waals surface area contributed by atoms with E-state index in [1.807, 2.05) is 6.92 Å². The summed E-state index contributed by atoms with van der Waals surface area (Å²) < 4.78 is 25.2. The SMILES string of the molecule is CC(=O)c1cccc(N(CC(=O)Nc2ccc(C)c(Cl)c2)S(C)(=O)=O)c1. The van der Waals surface area contributed by atoms with E-state index in [1.165, 1.54) is 19.1 Å². The van der Waals surface area contributed by atoms with Gasteiger partial charge >= 0.3 is 0 Å². The van der Waals surface area contributed by atoms with Gasteiger partial charge in [-0.25, -0.2) is 8.42 Å². The molecule has 0 aliphatic heterocycles. The highest BCUT2D eigenvalue weighted by molar-refractivity contribution is 7.92. The Morgan fingerprint density at radius 2 is 1.85 bits per heavy atom. The third-order valence-corrected chi connectivity index (χ3v) is 5.23. The number of rotatable bonds is 6. The molecule has 1 amide bonds. The van der Waals surface area contributed by atoms with Crippen molar-refractivity contribution in [2.75, 3.05) is 22.4 Å². The van der Waals surface area contributed by atoms with Crippen molar-refractivity contribution in [3.8, 4) is 0 Å². The van der Waals surface area contributed by atoms with Crippen molar-refractivity contribution in [3.63, 3.8) is 0 Å². The van der Waals surface area contributed by atoms with E-state index in [-0.39, 0.29) is 11.5 Å². The number of hydrogen-bond acceptors (Lipinski definition) is 4. The van der Waals surface area contributed by atoms with Gasteiger partial charge in [0.05, 0.1) is 11.9 Å². The van der Waals surface area contributed by atoms with Crippen LogP contribution in [0.1, 0.15) is 22.8 Å². The highest BCUT2D eigenvalue weighted by atomic mass is 35.5. The van der Waals surface area contributed by atoms with Crippen LogP contribution in [0.4, 0.5) is 11.4 Å². The van der Waals surface area contributed by atoms with Crippen LogP contribution in [-0.2, 0) is 14.8 Å². The van der Waals surface area contributed by atoms with E-state index >= 15 is 0 Å². The number of halogens is 1. The van der Waals surface area contributed by atoms with Gasteiger partial charge in [-0.2, -0.15) is 0 Å². The Bertz CT molecular complexity index is 957. The number of nitrogens with zero attached hydrogens (tertiary/aromatic N) is 1. The molecule has 0 aromatic heterocycles. The Kier molecular flexibility index (Phi) is 6.05. The Hall–Kier alpha value is -2.38. The van der Waals surface area contributed by atoms with E-state index in [0.717, 1.165) is 16.1 Å². The summed E-state index contributed by atoms with van der Waals surface area (Å²) in [5.41, 5.74) is 1.94. The number of amides is 1. The summed E-state index contributed by atoms with van der Waals surface area (Å²) in [5, 5.41) is 3.12. The van der Waals surface area contributed by atoms with Crippen molar-refractivity contribution < 1.29 is 18.0 Å². The molecule has 6 nitrogen and oxygen atoms in total. The maximum Gasteiger partial charge on any atom is 0.245 e. The van der Waals surface area contributed by atoms with Crippen molar-refractivity contribution in [2.45, 2.75) is 13.8 Å². The second-order valence-electron chi connectivity index (χ2n) is 5.89. The maximum atomic E-state index is 12.3. The van der Waals surface area contributed by atoms with Gasteiger partial charge in [0.15, 0.2) is 5.78 Å². The van der Waals surface area contributed by atoms with Crippen molar-refractivity contribution in [1.82, 2.24) is 0 Å². The van der Waals surface area contributed by atoms with Gasteiger partial charge in [0, 0.05) is 16.3 Å². The molecular formula is C18H19ClN2O4S. The van der Waals surface area contributed by atoms with Crippen LogP contribution in [0.2, 0.25) is 5.02 Å². The number of carbonyl (C=O) groups is 2. The fourth-order valence-corrected chi connectivity index (χ4v) is 3.31. The maximum absolute atomic E-state index is 12.3. The van der Waals surface area contributed by atoms with Crippen LogP contribution in [0.15, 0.2) is 42.5 Å². The molecule has 2 aromatic carbocycles. The summed E-state index contributed by atoms with van der Waals surface area (Å²) in [4.78, 5) is 23.9. The molecule has 0 bridgehead atoms. The molecule has 8 heteroatoms. The molecule has 1 N–H and O–H groups in total. The van der Waals surface area contributed by atoms with Gasteiger partial charge in [-0.15, -0.1) is 0 Å². The second-order valence-corrected chi connectivity index (χ2v) is 8.20. The van der Waals surface area contributed by atoms with E-state index in [2.05, 4.69) is 5.32 Å². The van der Waals surface area contributed by atoms with E-state index in [4.69, 9.17) is 11.6 Å². The van der Waals surface area contributed by atoms with Gasteiger partial charge in [-0.05, 0) is 43.7 Å². The molecule has 0 saturated carbocycles. The molecule has 0 aliphatic carbocycles. The number of nitrogens with one attached hydrogen (secondary N) is 1. The average molecular weight is 395 g/mol. The minimum Gasteiger partial charge on any atom is -0.324 e.